The highest BCUT2D eigenvalue weighted by molar-refractivity contribution is 7.88. The summed E-state index contributed by atoms with van der Waals surface area (Å²) in [6, 6.07) is 9.25. The van der Waals surface area contributed by atoms with Gasteiger partial charge in [0.2, 0.25) is 10.0 Å². The van der Waals surface area contributed by atoms with E-state index in [9.17, 15) is 8.42 Å². The SMILES string of the molecule is O=S(=O)(Cc1ccccc1Cl)N(Cc1ccsc1)C1CC1. The summed E-state index contributed by atoms with van der Waals surface area (Å²) in [4.78, 5) is 0. The quantitative estimate of drug-likeness (QED) is 0.799. The Bertz CT molecular complexity index is 709. The van der Waals surface area contributed by atoms with Gasteiger partial charge in [-0.3, -0.25) is 0 Å². The molecule has 0 saturated heterocycles. The van der Waals surface area contributed by atoms with E-state index in [0.29, 0.717) is 17.1 Å². The van der Waals surface area contributed by atoms with Crippen LogP contribution < -0.4 is 0 Å². The van der Waals surface area contributed by atoms with Crippen LogP contribution in [0.5, 0.6) is 0 Å². The van der Waals surface area contributed by atoms with Crippen molar-refractivity contribution in [1.29, 1.82) is 0 Å². The van der Waals surface area contributed by atoms with E-state index in [0.717, 1.165) is 18.4 Å². The maximum absolute atomic E-state index is 12.7. The lowest BCUT2D eigenvalue weighted by atomic mass is 10.2. The van der Waals surface area contributed by atoms with Crippen molar-refractivity contribution in [1.82, 2.24) is 4.31 Å². The van der Waals surface area contributed by atoms with E-state index in [1.165, 1.54) is 0 Å². The fourth-order valence-electron chi connectivity index (χ4n) is 2.27. The Hall–Kier alpha value is -0.880. The Labute approximate surface area is 134 Å². The van der Waals surface area contributed by atoms with Crippen molar-refractivity contribution in [3.05, 3.63) is 57.2 Å². The van der Waals surface area contributed by atoms with Gasteiger partial charge in [0.15, 0.2) is 0 Å². The molecule has 1 saturated carbocycles. The highest BCUT2D eigenvalue weighted by Crippen LogP contribution is 2.33. The summed E-state index contributed by atoms with van der Waals surface area (Å²) in [6.07, 6.45) is 1.90. The summed E-state index contributed by atoms with van der Waals surface area (Å²) in [6.45, 7) is 0.459. The smallest absolute Gasteiger partial charge is 0.212 e. The Morgan fingerprint density at radius 1 is 1.24 bits per heavy atom. The summed E-state index contributed by atoms with van der Waals surface area (Å²) in [7, 11) is -3.36. The van der Waals surface area contributed by atoms with Crippen molar-refractivity contribution >= 4 is 33.0 Å². The third-order valence-corrected chi connectivity index (χ3v) is 6.44. The van der Waals surface area contributed by atoms with Crippen LogP contribution in [0.1, 0.15) is 24.0 Å². The van der Waals surface area contributed by atoms with Crippen LogP contribution in [0.15, 0.2) is 41.1 Å². The van der Waals surface area contributed by atoms with Gasteiger partial charge < -0.3 is 0 Å². The molecule has 0 spiro atoms. The number of rotatable bonds is 6. The van der Waals surface area contributed by atoms with E-state index < -0.39 is 10.0 Å². The minimum atomic E-state index is -3.36. The molecule has 0 aliphatic heterocycles. The van der Waals surface area contributed by atoms with Gasteiger partial charge in [0, 0.05) is 17.6 Å². The van der Waals surface area contributed by atoms with Gasteiger partial charge in [-0.25, -0.2) is 8.42 Å². The minimum Gasteiger partial charge on any atom is -0.212 e. The van der Waals surface area contributed by atoms with Crippen LogP contribution in [-0.4, -0.2) is 18.8 Å². The summed E-state index contributed by atoms with van der Waals surface area (Å²) >= 11 is 7.68. The van der Waals surface area contributed by atoms with E-state index in [1.54, 1.807) is 27.8 Å². The lowest BCUT2D eigenvalue weighted by Gasteiger charge is -2.21. The first-order valence-electron chi connectivity index (χ1n) is 6.80. The molecule has 3 rings (SSSR count). The van der Waals surface area contributed by atoms with Gasteiger partial charge in [-0.2, -0.15) is 15.6 Å². The molecule has 0 N–H and O–H groups in total. The number of halogens is 1. The van der Waals surface area contributed by atoms with Crippen LogP contribution in [0, 0.1) is 0 Å². The van der Waals surface area contributed by atoms with Crippen LogP contribution >= 0.6 is 22.9 Å². The molecule has 1 aliphatic carbocycles. The largest absolute Gasteiger partial charge is 0.218 e. The molecule has 0 atom stereocenters. The second kappa shape index (κ2) is 6.08. The van der Waals surface area contributed by atoms with E-state index in [1.807, 2.05) is 29.0 Å². The molecular weight excluding hydrogens is 326 g/mol. The monoisotopic (exact) mass is 341 g/mol. The summed E-state index contributed by atoms with van der Waals surface area (Å²) in [5.41, 5.74) is 1.71. The van der Waals surface area contributed by atoms with Gasteiger partial charge in [0.05, 0.1) is 5.75 Å². The summed E-state index contributed by atoms with van der Waals surface area (Å²) in [5, 5.41) is 4.48. The van der Waals surface area contributed by atoms with Gasteiger partial charge >= 0.3 is 0 Å². The lowest BCUT2D eigenvalue weighted by Crippen LogP contribution is -2.33. The zero-order valence-electron chi connectivity index (χ0n) is 11.4. The number of hydrogen-bond donors (Lipinski definition) is 0. The van der Waals surface area contributed by atoms with Crippen LogP contribution in [0.25, 0.3) is 0 Å². The zero-order valence-corrected chi connectivity index (χ0v) is 13.8. The maximum atomic E-state index is 12.7. The van der Waals surface area contributed by atoms with Crippen molar-refractivity contribution in [2.24, 2.45) is 0 Å². The highest BCUT2D eigenvalue weighted by atomic mass is 35.5. The van der Waals surface area contributed by atoms with Crippen LogP contribution in [0.4, 0.5) is 0 Å². The van der Waals surface area contributed by atoms with E-state index in [-0.39, 0.29) is 11.8 Å². The molecule has 1 fully saturated rings. The summed E-state index contributed by atoms with van der Waals surface area (Å²) in [5.74, 6) is -0.0344. The fraction of sp³-hybridized carbons (Fsp3) is 0.333. The van der Waals surface area contributed by atoms with Gasteiger partial charge in [0.1, 0.15) is 0 Å². The first kappa shape index (κ1) is 15.0. The van der Waals surface area contributed by atoms with Crippen LogP contribution in [0.3, 0.4) is 0 Å². The van der Waals surface area contributed by atoms with Crippen molar-refractivity contribution < 1.29 is 8.42 Å². The molecule has 21 heavy (non-hydrogen) atoms. The van der Waals surface area contributed by atoms with Crippen molar-refractivity contribution in [2.45, 2.75) is 31.2 Å². The molecule has 1 heterocycles. The lowest BCUT2D eigenvalue weighted by molar-refractivity contribution is 0.398. The number of hydrogen-bond acceptors (Lipinski definition) is 3. The second-order valence-corrected chi connectivity index (χ2v) is 8.36. The Kier molecular flexibility index (Phi) is 4.36. The van der Waals surface area contributed by atoms with Crippen LogP contribution in [0.2, 0.25) is 5.02 Å². The topological polar surface area (TPSA) is 37.4 Å². The molecule has 1 aliphatic rings. The number of thiophene rings is 1. The van der Waals surface area contributed by atoms with Crippen molar-refractivity contribution in [2.75, 3.05) is 0 Å². The first-order valence-corrected chi connectivity index (χ1v) is 9.73. The van der Waals surface area contributed by atoms with Crippen LogP contribution in [-0.2, 0) is 22.3 Å². The third-order valence-electron chi connectivity index (χ3n) is 3.53. The molecule has 0 amide bonds. The molecule has 3 nitrogen and oxygen atoms in total. The highest BCUT2D eigenvalue weighted by Gasteiger charge is 2.37. The Balaban J connectivity index is 1.82. The third kappa shape index (κ3) is 3.66. The average molecular weight is 342 g/mol. The van der Waals surface area contributed by atoms with Crippen molar-refractivity contribution in [3.63, 3.8) is 0 Å². The van der Waals surface area contributed by atoms with Crippen molar-refractivity contribution in [3.8, 4) is 0 Å². The normalized spacial score (nSPS) is 15.5. The summed E-state index contributed by atoms with van der Waals surface area (Å²) < 4.78 is 27.1. The van der Waals surface area contributed by atoms with Gasteiger partial charge in [0.25, 0.3) is 0 Å². The Morgan fingerprint density at radius 3 is 2.62 bits per heavy atom. The molecular formula is C15H16ClNO2S2. The molecule has 1 aromatic carbocycles. The molecule has 6 heteroatoms. The van der Waals surface area contributed by atoms with Gasteiger partial charge in [-0.05, 0) is 46.9 Å². The predicted octanol–water partition coefficient (Wildman–Crippen LogP) is 3.90. The zero-order chi connectivity index (χ0) is 14.9. The predicted molar refractivity (Wildman–Crippen MR) is 87.0 cm³/mol. The van der Waals surface area contributed by atoms with E-state index in [4.69, 9.17) is 11.6 Å². The maximum Gasteiger partial charge on any atom is 0.218 e. The molecule has 112 valence electrons. The minimum absolute atomic E-state index is 0.0344. The molecule has 1 aromatic heterocycles. The first-order chi connectivity index (χ1) is 10.1. The number of benzene rings is 1. The van der Waals surface area contributed by atoms with Gasteiger partial charge in [-0.15, -0.1) is 0 Å². The molecule has 0 bridgehead atoms. The standard InChI is InChI=1S/C15H16ClNO2S2/c16-15-4-2-1-3-13(15)11-21(18,19)17(14-5-6-14)9-12-7-8-20-10-12/h1-4,7-8,10,14H,5-6,9,11H2. The number of nitrogens with zero attached hydrogens (tertiary/aromatic N) is 1. The molecule has 2 aromatic rings. The average Bonchev–Trinajstić information content (AvgIpc) is 3.14. The fourth-order valence-corrected chi connectivity index (χ4v) is 5.04. The Morgan fingerprint density at radius 2 is 2.00 bits per heavy atom. The molecule has 0 radical (unpaired) electrons. The number of sulfonamides is 1. The van der Waals surface area contributed by atoms with E-state index >= 15 is 0 Å². The van der Waals surface area contributed by atoms with Gasteiger partial charge in [-0.1, -0.05) is 29.8 Å². The second-order valence-electron chi connectivity index (χ2n) is 5.26. The van der Waals surface area contributed by atoms with E-state index in [2.05, 4.69) is 0 Å². The molecule has 0 unspecified atom stereocenters.